The van der Waals surface area contributed by atoms with Gasteiger partial charge in [0.25, 0.3) is 5.91 Å². The molecule has 3 rings (SSSR count). The molecular formula is C22H20Br2N2O3S. The second kappa shape index (κ2) is 10.2. The van der Waals surface area contributed by atoms with Crippen molar-refractivity contribution in [3.63, 3.8) is 0 Å². The van der Waals surface area contributed by atoms with Crippen molar-refractivity contribution >= 4 is 55.1 Å². The first-order valence-corrected chi connectivity index (χ1v) is 11.1. The summed E-state index contributed by atoms with van der Waals surface area (Å²) in [4.78, 5) is 12.1. The minimum atomic E-state index is -0.339. The van der Waals surface area contributed by atoms with Crippen LogP contribution >= 0.6 is 44.1 Å². The van der Waals surface area contributed by atoms with Crippen molar-refractivity contribution in [3.05, 3.63) is 74.4 Å². The van der Waals surface area contributed by atoms with Gasteiger partial charge in [-0.25, -0.2) is 0 Å². The summed E-state index contributed by atoms with van der Waals surface area (Å²) in [6, 6.07) is 15.6. The molecule has 0 spiro atoms. The van der Waals surface area contributed by atoms with Crippen LogP contribution in [0.5, 0.6) is 5.75 Å². The summed E-state index contributed by atoms with van der Waals surface area (Å²) in [6.07, 6.45) is 0. The molecule has 0 saturated carbocycles. The van der Waals surface area contributed by atoms with Crippen LogP contribution in [0.1, 0.15) is 16.9 Å². The van der Waals surface area contributed by atoms with Gasteiger partial charge in [0.1, 0.15) is 17.3 Å². The van der Waals surface area contributed by atoms with Crippen LogP contribution in [-0.2, 0) is 11.3 Å². The van der Waals surface area contributed by atoms with E-state index < -0.39 is 0 Å². The molecule has 8 heteroatoms. The highest BCUT2D eigenvalue weighted by molar-refractivity contribution is 9.10. The molecule has 0 radical (unpaired) electrons. The Morgan fingerprint density at radius 2 is 1.83 bits per heavy atom. The molecule has 3 aromatic rings. The highest BCUT2D eigenvalue weighted by atomic mass is 79.9. The zero-order chi connectivity index (χ0) is 21.7. The van der Waals surface area contributed by atoms with Crippen LogP contribution in [0.25, 0.3) is 11.3 Å². The lowest BCUT2D eigenvalue weighted by Crippen LogP contribution is -2.41. The zero-order valence-electron chi connectivity index (χ0n) is 16.4. The number of aryl methyl sites for hydroxylation is 2. The minimum Gasteiger partial charge on any atom is -0.482 e. The molecule has 0 fully saturated rings. The second-order valence-corrected chi connectivity index (χ2v) is 8.86. The lowest BCUT2D eigenvalue weighted by atomic mass is 10.1. The summed E-state index contributed by atoms with van der Waals surface area (Å²) in [5, 5.41) is 5.79. The Hall–Kier alpha value is -2.16. The number of hydrogen-bond acceptors (Lipinski definition) is 4. The molecule has 0 unspecified atom stereocenters. The molecular weight excluding hydrogens is 532 g/mol. The highest BCUT2D eigenvalue weighted by Gasteiger charge is 2.11. The smallest absolute Gasteiger partial charge is 0.264 e. The van der Waals surface area contributed by atoms with Gasteiger partial charge in [-0.2, -0.15) is 0 Å². The van der Waals surface area contributed by atoms with E-state index in [0.717, 1.165) is 31.4 Å². The Morgan fingerprint density at radius 1 is 1.10 bits per heavy atom. The Morgan fingerprint density at radius 3 is 2.53 bits per heavy atom. The molecule has 2 N–H and O–H groups in total. The Balaban J connectivity index is 1.47. The number of nitrogens with one attached hydrogen (secondary N) is 2. The van der Waals surface area contributed by atoms with Gasteiger partial charge in [0, 0.05) is 10.0 Å². The van der Waals surface area contributed by atoms with E-state index in [9.17, 15) is 4.79 Å². The van der Waals surface area contributed by atoms with Gasteiger partial charge in [-0.3, -0.25) is 4.79 Å². The van der Waals surface area contributed by atoms with E-state index in [1.165, 1.54) is 0 Å². The fourth-order valence-electron chi connectivity index (χ4n) is 2.84. The summed E-state index contributed by atoms with van der Waals surface area (Å²) in [7, 11) is 0. The Bertz CT molecular complexity index is 1040. The van der Waals surface area contributed by atoms with Crippen molar-refractivity contribution in [1.82, 2.24) is 10.6 Å². The van der Waals surface area contributed by atoms with Crippen molar-refractivity contribution in [2.24, 2.45) is 0 Å². The number of carbonyl (C=O) groups excluding carboxylic acids is 1. The number of benzene rings is 2. The summed E-state index contributed by atoms with van der Waals surface area (Å²) in [5.41, 5.74) is 3.05. The van der Waals surface area contributed by atoms with Crippen LogP contribution in [0.15, 0.2) is 61.9 Å². The molecule has 0 aliphatic carbocycles. The van der Waals surface area contributed by atoms with Gasteiger partial charge < -0.3 is 19.8 Å². The van der Waals surface area contributed by atoms with E-state index in [2.05, 4.69) is 42.5 Å². The molecule has 0 saturated heterocycles. The topological polar surface area (TPSA) is 63.5 Å². The van der Waals surface area contributed by atoms with Crippen LogP contribution in [0.4, 0.5) is 0 Å². The van der Waals surface area contributed by atoms with Crippen LogP contribution in [0.2, 0.25) is 0 Å². The third-order valence-electron chi connectivity index (χ3n) is 4.19. The molecule has 0 aliphatic heterocycles. The number of ether oxygens (including phenoxy) is 1. The first-order valence-electron chi connectivity index (χ1n) is 9.13. The summed E-state index contributed by atoms with van der Waals surface area (Å²) >= 11 is 12.1. The maximum Gasteiger partial charge on any atom is 0.264 e. The lowest BCUT2D eigenvalue weighted by molar-refractivity contribution is -0.121. The summed E-state index contributed by atoms with van der Waals surface area (Å²) in [6.45, 7) is 4.15. The largest absolute Gasteiger partial charge is 0.482 e. The number of hydrogen-bond donors (Lipinski definition) is 2. The molecule has 2 aromatic carbocycles. The summed E-state index contributed by atoms with van der Waals surface area (Å²) < 4.78 is 13.3. The fraction of sp³-hybridized carbons (Fsp3) is 0.182. The van der Waals surface area contributed by atoms with E-state index in [0.29, 0.717) is 18.1 Å². The number of halogens is 2. The van der Waals surface area contributed by atoms with Crippen LogP contribution in [0.3, 0.4) is 0 Å². The Labute approximate surface area is 197 Å². The maximum absolute atomic E-state index is 12.1. The number of carbonyl (C=O) groups is 1. The zero-order valence-corrected chi connectivity index (χ0v) is 20.4. The first-order chi connectivity index (χ1) is 14.3. The standard InChI is InChI=1S/C22H20Br2N2O3S/c1-13-9-14(2)21(18(24)10-13)28-12-20(27)26-22(30)25-11-17-7-8-19(29-17)15-3-5-16(23)6-4-15/h3-10H,11-12H2,1-2H3,(H2,25,26,27,30). The molecule has 5 nitrogen and oxygen atoms in total. The number of furan rings is 1. The quantitative estimate of drug-likeness (QED) is 0.387. The molecule has 1 amide bonds. The average molecular weight is 552 g/mol. The third kappa shape index (κ3) is 6.17. The van der Waals surface area contributed by atoms with Crippen LogP contribution in [0, 0.1) is 13.8 Å². The first kappa shape index (κ1) is 22.5. The lowest BCUT2D eigenvalue weighted by Gasteiger charge is -2.13. The molecule has 156 valence electrons. The second-order valence-electron chi connectivity index (χ2n) is 6.69. The summed E-state index contributed by atoms with van der Waals surface area (Å²) in [5.74, 6) is 1.78. The van der Waals surface area contributed by atoms with Gasteiger partial charge in [0.15, 0.2) is 11.7 Å². The SMILES string of the molecule is Cc1cc(C)c(OCC(=O)NC(=S)NCc2ccc(-c3ccc(Br)cc3)o2)c(Br)c1. The molecule has 1 heterocycles. The van der Waals surface area contributed by atoms with E-state index in [1.54, 1.807) is 0 Å². The number of amides is 1. The fourth-order valence-corrected chi connectivity index (χ4v) is 4.08. The number of thiocarbonyl (C=S) groups is 1. The molecule has 1 aromatic heterocycles. The van der Waals surface area contributed by atoms with Crippen molar-refractivity contribution in [2.45, 2.75) is 20.4 Å². The van der Waals surface area contributed by atoms with Gasteiger partial charge in [-0.05, 0) is 83.5 Å². The van der Waals surface area contributed by atoms with Crippen LogP contribution < -0.4 is 15.4 Å². The van der Waals surface area contributed by atoms with Gasteiger partial charge in [0.05, 0.1) is 11.0 Å². The maximum atomic E-state index is 12.1. The Kier molecular flexibility index (Phi) is 7.69. The van der Waals surface area contributed by atoms with E-state index in [4.69, 9.17) is 21.4 Å². The molecule has 0 aliphatic rings. The van der Waals surface area contributed by atoms with E-state index in [-0.39, 0.29) is 17.6 Å². The monoisotopic (exact) mass is 550 g/mol. The van der Waals surface area contributed by atoms with Gasteiger partial charge >= 0.3 is 0 Å². The average Bonchev–Trinajstić information content (AvgIpc) is 3.15. The predicted molar refractivity (Wildman–Crippen MR) is 129 cm³/mol. The number of rotatable bonds is 6. The third-order valence-corrected chi connectivity index (χ3v) is 5.55. The van der Waals surface area contributed by atoms with E-state index in [1.807, 2.05) is 62.4 Å². The van der Waals surface area contributed by atoms with Gasteiger partial charge in [0.2, 0.25) is 0 Å². The van der Waals surface area contributed by atoms with Crippen LogP contribution in [-0.4, -0.2) is 17.6 Å². The van der Waals surface area contributed by atoms with Crippen molar-refractivity contribution in [3.8, 4) is 17.1 Å². The highest BCUT2D eigenvalue weighted by Crippen LogP contribution is 2.30. The molecule has 30 heavy (non-hydrogen) atoms. The normalized spacial score (nSPS) is 10.5. The van der Waals surface area contributed by atoms with Gasteiger partial charge in [-0.1, -0.05) is 34.1 Å². The van der Waals surface area contributed by atoms with Crippen molar-refractivity contribution < 1.29 is 13.9 Å². The molecule has 0 atom stereocenters. The van der Waals surface area contributed by atoms with Gasteiger partial charge in [-0.15, -0.1) is 0 Å². The van der Waals surface area contributed by atoms with E-state index >= 15 is 0 Å². The van der Waals surface area contributed by atoms with Crippen molar-refractivity contribution in [2.75, 3.05) is 6.61 Å². The van der Waals surface area contributed by atoms with Crippen molar-refractivity contribution in [1.29, 1.82) is 0 Å². The predicted octanol–water partition coefficient (Wildman–Crippen LogP) is 5.66. The minimum absolute atomic E-state index is 0.140. The molecule has 0 bridgehead atoms.